The van der Waals surface area contributed by atoms with Crippen LogP contribution in [0.15, 0.2) is 42.5 Å². The number of benzene rings is 2. The summed E-state index contributed by atoms with van der Waals surface area (Å²) in [6.45, 7) is 6.36. The number of nitrogens with two attached hydrogens (primary N) is 1. The van der Waals surface area contributed by atoms with Crippen LogP contribution in [0, 0.1) is 5.82 Å². The number of sulfonamides is 1. The average Bonchev–Trinajstić information content (AvgIpc) is 2.80. The first-order valence-corrected chi connectivity index (χ1v) is 14.0. The number of fused-ring (bicyclic) bond motifs is 1. The maximum absolute atomic E-state index is 13.6. The Balaban J connectivity index is 1.97. The number of rotatable bonds is 5. The van der Waals surface area contributed by atoms with E-state index >= 15 is 0 Å². The lowest BCUT2D eigenvalue weighted by Gasteiger charge is -2.31. The molecule has 0 aliphatic carbocycles. The van der Waals surface area contributed by atoms with E-state index in [1.54, 1.807) is 35.2 Å². The number of hydrogen-bond acceptors (Lipinski definition) is 5. The maximum atomic E-state index is 13.6. The molecule has 3 rings (SSSR count). The van der Waals surface area contributed by atoms with E-state index in [2.05, 4.69) is 18.7 Å². The first-order valence-electron chi connectivity index (χ1n) is 11.7. The van der Waals surface area contributed by atoms with Crippen LogP contribution in [0.2, 0.25) is 5.02 Å². The standard InChI is InChI=1S/C25H34ClFN4O3S/c1-18(2)29-10-5-11-31(35(3,33)34)24-16-21(26)9-8-20(24)17-30(13-12-29)25(32)23(28)15-19-6-4-7-22(27)14-19/h4,6-9,14,16,18,23H,5,10-13,15,17,28H2,1-3H3/t23-/m0/s1. The van der Waals surface area contributed by atoms with E-state index in [0.717, 1.165) is 0 Å². The van der Waals surface area contributed by atoms with E-state index in [1.165, 1.54) is 22.7 Å². The number of amides is 1. The van der Waals surface area contributed by atoms with E-state index < -0.39 is 16.1 Å². The maximum Gasteiger partial charge on any atom is 0.240 e. The Labute approximate surface area is 212 Å². The van der Waals surface area contributed by atoms with E-state index in [1.807, 2.05) is 0 Å². The van der Waals surface area contributed by atoms with Crippen molar-refractivity contribution in [3.63, 3.8) is 0 Å². The highest BCUT2D eigenvalue weighted by molar-refractivity contribution is 7.92. The van der Waals surface area contributed by atoms with Crippen molar-refractivity contribution in [1.29, 1.82) is 0 Å². The Morgan fingerprint density at radius 3 is 2.51 bits per heavy atom. The smallest absolute Gasteiger partial charge is 0.240 e. The molecule has 1 atom stereocenters. The molecular formula is C25H34ClFN4O3S. The molecule has 2 aromatic carbocycles. The van der Waals surface area contributed by atoms with E-state index in [4.69, 9.17) is 17.3 Å². The molecule has 0 spiro atoms. The van der Waals surface area contributed by atoms with Crippen LogP contribution in [0.4, 0.5) is 10.1 Å². The summed E-state index contributed by atoms with van der Waals surface area (Å²) in [7, 11) is -3.58. The van der Waals surface area contributed by atoms with Gasteiger partial charge in [-0.25, -0.2) is 12.8 Å². The van der Waals surface area contributed by atoms with Crippen LogP contribution in [-0.4, -0.2) is 68.6 Å². The molecule has 1 aliphatic rings. The third-order valence-electron chi connectivity index (χ3n) is 6.25. The quantitative estimate of drug-likeness (QED) is 0.648. The second-order valence-corrected chi connectivity index (χ2v) is 11.6. The Bertz CT molecular complexity index is 1150. The second-order valence-electron chi connectivity index (χ2n) is 9.29. The second kappa shape index (κ2) is 11.7. The molecule has 2 aromatic rings. The summed E-state index contributed by atoms with van der Waals surface area (Å²) >= 11 is 6.25. The average molecular weight is 525 g/mol. The van der Waals surface area contributed by atoms with Crippen LogP contribution in [0.5, 0.6) is 0 Å². The van der Waals surface area contributed by atoms with Crippen molar-refractivity contribution in [2.45, 2.75) is 45.3 Å². The van der Waals surface area contributed by atoms with Crippen molar-refractivity contribution < 1.29 is 17.6 Å². The van der Waals surface area contributed by atoms with Gasteiger partial charge < -0.3 is 10.6 Å². The Kier molecular flexibility index (Phi) is 9.15. The number of carbonyl (C=O) groups is 1. The van der Waals surface area contributed by atoms with Gasteiger partial charge in [-0.1, -0.05) is 29.8 Å². The van der Waals surface area contributed by atoms with E-state index in [9.17, 15) is 17.6 Å². The number of halogens is 2. The van der Waals surface area contributed by atoms with Crippen LogP contribution in [0.1, 0.15) is 31.4 Å². The Morgan fingerprint density at radius 2 is 1.86 bits per heavy atom. The Hall–Kier alpha value is -2.20. The van der Waals surface area contributed by atoms with Gasteiger partial charge in [0.05, 0.1) is 18.0 Å². The van der Waals surface area contributed by atoms with Crippen LogP contribution < -0.4 is 10.0 Å². The molecule has 1 heterocycles. The molecule has 0 saturated carbocycles. The van der Waals surface area contributed by atoms with Crippen molar-refractivity contribution in [2.75, 3.05) is 36.7 Å². The molecule has 35 heavy (non-hydrogen) atoms. The topological polar surface area (TPSA) is 87.0 Å². The molecule has 0 fully saturated rings. The number of anilines is 1. The highest BCUT2D eigenvalue weighted by Gasteiger charge is 2.27. The third kappa shape index (κ3) is 7.39. The number of hydrogen-bond donors (Lipinski definition) is 1. The normalized spacial score (nSPS) is 17.1. The molecule has 1 amide bonds. The molecule has 192 valence electrons. The van der Waals surface area contributed by atoms with Gasteiger partial charge in [-0.05, 0) is 62.1 Å². The molecule has 1 aliphatic heterocycles. The van der Waals surface area contributed by atoms with Crippen LogP contribution in [0.3, 0.4) is 0 Å². The summed E-state index contributed by atoms with van der Waals surface area (Å²) in [4.78, 5) is 17.4. The van der Waals surface area contributed by atoms with Crippen LogP contribution in [-0.2, 0) is 27.8 Å². The van der Waals surface area contributed by atoms with Gasteiger partial charge in [0.1, 0.15) is 5.82 Å². The van der Waals surface area contributed by atoms with Gasteiger partial charge in [0, 0.05) is 43.8 Å². The van der Waals surface area contributed by atoms with Gasteiger partial charge in [-0.3, -0.25) is 14.0 Å². The molecule has 7 nitrogen and oxygen atoms in total. The van der Waals surface area contributed by atoms with Crippen molar-refractivity contribution in [3.8, 4) is 0 Å². The van der Waals surface area contributed by atoms with Gasteiger partial charge >= 0.3 is 0 Å². The fraction of sp³-hybridized carbons (Fsp3) is 0.480. The van der Waals surface area contributed by atoms with Crippen molar-refractivity contribution in [3.05, 3.63) is 64.4 Å². The van der Waals surface area contributed by atoms with Crippen molar-refractivity contribution >= 4 is 33.2 Å². The predicted molar refractivity (Wildman–Crippen MR) is 138 cm³/mol. The zero-order valence-electron chi connectivity index (χ0n) is 20.5. The summed E-state index contributed by atoms with van der Waals surface area (Å²) in [6.07, 6.45) is 2.00. The molecule has 10 heteroatoms. The summed E-state index contributed by atoms with van der Waals surface area (Å²) in [6, 6.07) is 10.5. The van der Waals surface area contributed by atoms with Crippen LogP contribution >= 0.6 is 11.6 Å². The zero-order valence-corrected chi connectivity index (χ0v) is 22.0. The molecule has 2 N–H and O–H groups in total. The fourth-order valence-corrected chi connectivity index (χ4v) is 5.53. The van der Waals surface area contributed by atoms with Gasteiger partial charge in [0.25, 0.3) is 0 Å². The summed E-state index contributed by atoms with van der Waals surface area (Å²) in [5.41, 5.74) is 8.08. The summed E-state index contributed by atoms with van der Waals surface area (Å²) in [5, 5.41) is 0.414. The monoisotopic (exact) mass is 524 g/mol. The molecule has 0 unspecified atom stereocenters. The van der Waals surface area contributed by atoms with Crippen molar-refractivity contribution in [1.82, 2.24) is 9.80 Å². The van der Waals surface area contributed by atoms with Gasteiger partial charge in [0.15, 0.2) is 0 Å². The minimum atomic E-state index is -3.58. The molecule has 0 bridgehead atoms. The predicted octanol–water partition coefficient (Wildman–Crippen LogP) is 3.26. The lowest BCUT2D eigenvalue weighted by molar-refractivity contribution is -0.133. The minimum Gasteiger partial charge on any atom is -0.336 e. The minimum absolute atomic E-state index is 0.181. The van der Waals surface area contributed by atoms with E-state index in [0.29, 0.717) is 54.4 Å². The van der Waals surface area contributed by atoms with E-state index in [-0.39, 0.29) is 30.7 Å². The third-order valence-corrected chi connectivity index (χ3v) is 7.66. The first-order chi connectivity index (χ1) is 16.5. The molecular weight excluding hydrogens is 491 g/mol. The van der Waals surface area contributed by atoms with Gasteiger partial charge in [0.2, 0.25) is 15.9 Å². The summed E-state index contributed by atoms with van der Waals surface area (Å²) in [5.74, 6) is -0.652. The lowest BCUT2D eigenvalue weighted by Crippen LogP contribution is -2.48. The first kappa shape index (κ1) is 27.4. The summed E-state index contributed by atoms with van der Waals surface area (Å²) < 4.78 is 40.4. The number of nitrogens with zero attached hydrogens (tertiary/aromatic N) is 3. The Morgan fingerprint density at radius 1 is 1.11 bits per heavy atom. The SMILES string of the molecule is CC(C)N1CCCN(S(C)(=O)=O)c2cc(Cl)ccc2CN(C(=O)[C@@H](N)Cc2cccc(F)c2)CC1. The largest absolute Gasteiger partial charge is 0.336 e. The molecule has 0 saturated heterocycles. The number of carbonyl (C=O) groups excluding carboxylic acids is 1. The highest BCUT2D eigenvalue weighted by atomic mass is 35.5. The van der Waals surface area contributed by atoms with Gasteiger partial charge in [-0.15, -0.1) is 0 Å². The fourth-order valence-electron chi connectivity index (χ4n) is 4.38. The zero-order chi connectivity index (χ0) is 25.8. The lowest BCUT2D eigenvalue weighted by atomic mass is 10.0. The molecule has 0 radical (unpaired) electrons. The van der Waals surface area contributed by atoms with Crippen LogP contribution in [0.25, 0.3) is 0 Å². The van der Waals surface area contributed by atoms with Gasteiger partial charge in [-0.2, -0.15) is 0 Å². The van der Waals surface area contributed by atoms with Crippen molar-refractivity contribution in [2.24, 2.45) is 5.73 Å². The molecule has 0 aromatic heterocycles. The highest BCUT2D eigenvalue weighted by Crippen LogP contribution is 2.29.